The Balaban J connectivity index is 0.00000256. The van der Waals surface area contributed by atoms with Crippen LogP contribution < -0.4 is 39.0 Å². The van der Waals surface area contributed by atoms with E-state index in [4.69, 9.17) is 14.0 Å². The van der Waals surface area contributed by atoms with Crippen molar-refractivity contribution in [2.24, 2.45) is 0 Å². The minimum Gasteiger partial charge on any atom is -1.00 e. The van der Waals surface area contributed by atoms with Crippen LogP contribution in [0.3, 0.4) is 0 Å². The molecule has 0 amide bonds. The molecule has 0 aliphatic carbocycles. The zero-order valence-electron chi connectivity index (χ0n) is 17.8. The molecule has 12 heteroatoms. The maximum atomic E-state index is 10.7. The number of phenols is 1. The molecule has 0 saturated heterocycles. The second kappa shape index (κ2) is 10.8. The minimum absolute atomic E-state index is 0. The van der Waals surface area contributed by atoms with Gasteiger partial charge in [0.2, 0.25) is 0 Å². The van der Waals surface area contributed by atoms with Crippen molar-refractivity contribution in [1.82, 2.24) is 15.0 Å². The number of hydrogen-bond donors (Lipinski definition) is 3. The number of aromatic hydroxyl groups is 1. The third kappa shape index (κ3) is 7.13. The van der Waals surface area contributed by atoms with E-state index in [9.17, 15) is 18.6 Å². The summed E-state index contributed by atoms with van der Waals surface area (Å²) in [6, 6.07) is 11.5. The molecule has 1 heterocycles. The van der Waals surface area contributed by atoms with Gasteiger partial charge in [-0.05, 0) is 36.4 Å². The predicted molar refractivity (Wildman–Crippen MR) is 108 cm³/mol. The summed E-state index contributed by atoms with van der Waals surface area (Å²) in [6.45, 7) is -0.383. The number of nitrogens with zero attached hydrogens (tertiary/aromatic N) is 3. The number of phenolic OH excluding ortho intramolecular Hbond substituents is 1. The summed E-state index contributed by atoms with van der Waals surface area (Å²) in [5.41, 5.74) is 1.07. The Morgan fingerprint density at radius 2 is 1.71 bits per heavy atom. The Morgan fingerprint density at radius 3 is 2.32 bits per heavy atom. The first-order valence-corrected chi connectivity index (χ1v) is 10.3. The molecule has 0 aliphatic rings. The van der Waals surface area contributed by atoms with E-state index in [0.29, 0.717) is 17.1 Å². The van der Waals surface area contributed by atoms with Crippen molar-refractivity contribution in [3.63, 3.8) is 0 Å². The molecule has 0 spiro atoms. The van der Waals surface area contributed by atoms with Crippen molar-refractivity contribution in [3.8, 4) is 40.0 Å². The molecule has 3 rings (SSSR count). The fraction of sp³-hybridized carbons (Fsp3) is 0.211. The van der Waals surface area contributed by atoms with Crippen LogP contribution in [0.4, 0.5) is 0 Å². The molecule has 1 unspecified atom stereocenters. The molecule has 160 valence electrons. The number of hydrogen-bond acceptors (Lipinski definition) is 9. The summed E-state index contributed by atoms with van der Waals surface area (Å²) in [6.07, 6.45) is -0.0883. The first kappa shape index (κ1) is 25.0. The summed E-state index contributed by atoms with van der Waals surface area (Å²) in [5, 5.41) is 19.9. The SMILES string of the molecule is COc1ccc(-c2ncnc(-c3ccc(OCC(O)CS(=O)(=O)O)cc3O)n2)cc1.[H-].[Na+]. The average molecular weight is 457 g/mol. The first-order valence-electron chi connectivity index (χ1n) is 8.68. The van der Waals surface area contributed by atoms with Gasteiger partial charge in [-0.3, -0.25) is 4.55 Å². The van der Waals surface area contributed by atoms with E-state index in [-0.39, 0.29) is 54.9 Å². The van der Waals surface area contributed by atoms with Crippen molar-refractivity contribution in [2.75, 3.05) is 19.5 Å². The van der Waals surface area contributed by atoms with Crippen LogP contribution in [-0.4, -0.2) is 63.7 Å². The van der Waals surface area contributed by atoms with E-state index in [2.05, 4.69) is 15.0 Å². The molecule has 0 bridgehead atoms. The Hall–Kier alpha value is -2.28. The number of rotatable bonds is 8. The maximum absolute atomic E-state index is 10.7. The topological polar surface area (TPSA) is 152 Å². The van der Waals surface area contributed by atoms with Gasteiger partial charge in [0, 0.05) is 11.6 Å². The summed E-state index contributed by atoms with van der Waals surface area (Å²) >= 11 is 0. The van der Waals surface area contributed by atoms with Gasteiger partial charge in [0.05, 0.1) is 12.7 Å². The molecule has 1 aromatic heterocycles. The smallest absolute Gasteiger partial charge is 1.00 e. The third-order valence-electron chi connectivity index (χ3n) is 3.98. The van der Waals surface area contributed by atoms with Crippen molar-refractivity contribution >= 4 is 10.1 Å². The van der Waals surface area contributed by atoms with Crippen LogP contribution in [0, 0.1) is 0 Å². The number of aromatic nitrogens is 3. The normalized spacial score (nSPS) is 12.0. The second-order valence-corrected chi connectivity index (χ2v) is 7.75. The van der Waals surface area contributed by atoms with E-state index in [1.165, 1.54) is 24.5 Å². The number of benzene rings is 2. The molecule has 31 heavy (non-hydrogen) atoms. The van der Waals surface area contributed by atoms with Crippen LogP contribution in [0.2, 0.25) is 0 Å². The Kier molecular flexibility index (Phi) is 8.74. The Bertz CT molecular complexity index is 1130. The molecule has 1 atom stereocenters. The van der Waals surface area contributed by atoms with Gasteiger partial charge in [-0.15, -0.1) is 0 Å². The second-order valence-electron chi connectivity index (χ2n) is 6.25. The van der Waals surface area contributed by atoms with Gasteiger partial charge in [-0.2, -0.15) is 8.42 Å². The number of ether oxygens (including phenoxy) is 2. The molecule has 3 N–H and O–H groups in total. The average Bonchev–Trinajstić information content (AvgIpc) is 2.71. The Morgan fingerprint density at radius 1 is 1.06 bits per heavy atom. The maximum Gasteiger partial charge on any atom is 1.00 e. The van der Waals surface area contributed by atoms with Crippen LogP contribution in [0.1, 0.15) is 1.43 Å². The number of aliphatic hydroxyl groups excluding tert-OH is 1. The molecule has 0 aliphatic heterocycles. The summed E-state index contributed by atoms with van der Waals surface area (Å²) in [4.78, 5) is 12.6. The Labute approximate surface area is 202 Å². The molecular formula is C19H20N3NaO7S. The zero-order valence-corrected chi connectivity index (χ0v) is 19.7. The fourth-order valence-electron chi connectivity index (χ4n) is 2.58. The van der Waals surface area contributed by atoms with Gasteiger partial charge in [0.15, 0.2) is 11.6 Å². The van der Waals surface area contributed by atoms with E-state index in [1.54, 1.807) is 31.4 Å². The molecular weight excluding hydrogens is 437 g/mol. The van der Waals surface area contributed by atoms with Gasteiger partial charge in [0.25, 0.3) is 10.1 Å². The minimum atomic E-state index is -4.32. The van der Waals surface area contributed by atoms with E-state index in [0.717, 1.165) is 5.56 Å². The van der Waals surface area contributed by atoms with Crippen LogP contribution in [0.5, 0.6) is 17.2 Å². The molecule has 2 aromatic carbocycles. The zero-order chi connectivity index (χ0) is 21.7. The van der Waals surface area contributed by atoms with Crippen molar-refractivity contribution in [2.45, 2.75) is 6.10 Å². The van der Waals surface area contributed by atoms with Crippen molar-refractivity contribution < 1.29 is 63.6 Å². The van der Waals surface area contributed by atoms with Gasteiger partial charge < -0.3 is 21.1 Å². The largest absolute Gasteiger partial charge is 1.00 e. The monoisotopic (exact) mass is 457 g/mol. The summed E-state index contributed by atoms with van der Waals surface area (Å²) < 4.78 is 40.6. The number of aliphatic hydroxyl groups is 1. The predicted octanol–water partition coefficient (Wildman–Crippen LogP) is -1.34. The van der Waals surface area contributed by atoms with E-state index in [1.807, 2.05) is 0 Å². The summed E-state index contributed by atoms with van der Waals surface area (Å²) in [7, 11) is -2.75. The van der Waals surface area contributed by atoms with Gasteiger partial charge >= 0.3 is 29.6 Å². The first-order chi connectivity index (χ1) is 14.2. The third-order valence-corrected chi connectivity index (χ3v) is 4.78. The van der Waals surface area contributed by atoms with Gasteiger partial charge in [-0.25, -0.2) is 15.0 Å². The summed E-state index contributed by atoms with van der Waals surface area (Å²) in [5.74, 6) is 0.513. The standard InChI is InChI=1S/C19H19N3O7S.Na.H/c1-28-14-4-2-12(3-5-14)18-20-11-21-19(22-18)16-7-6-15(8-17(16)24)29-9-13(23)10-30(25,26)27;;/h2-8,11,13,23-24H,9-10H2,1H3,(H,25,26,27);;/q;+1;-1. The van der Waals surface area contributed by atoms with Crippen molar-refractivity contribution in [3.05, 3.63) is 48.8 Å². The molecule has 0 fully saturated rings. The molecule has 10 nitrogen and oxygen atoms in total. The quantitative estimate of drug-likeness (QED) is 0.274. The molecule has 0 radical (unpaired) electrons. The molecule has 3 aromatic rings. The fourth-order valence-corrected chi connectivity index (χ4v) is 3.16. The van der Waals surface area contributed by atoms with Crippen LogP contribution in [0.25, 0.3) is 22.8 Å². The van der Waals surface area contributed by atoms with Crippen LogP contribution >= 0.6 is 0 Å². The van der Waals surface area contributed by atoms with Crippen LogP contribution in [0.15, 0.2) is 48.8 Å². The molecule has 0 saturated carbocycles. The van der Waals surface area contributed by atoms with Gasteiger partial charge in [0.1, 0.15) is 42.0 Å². The number of methoxy groups -OCH3 is 1. The van der Waals surface area contributed by atoms with Crippen molar-refractivity contribution in [1.29, 1.82) is 0 Å². The van der Waals surface area contributed by atoms with Gasteiger partial charge in [-0.1, -0.05) is 0 Å². The van der Waals surface area contributed by atoms with E-state index >= 15 is 0 Å². The van der Waals surface area contributed by atoms with Crippen LogP contribution in [-0.2, 0) is 10.1 Å². The van der Waals surface area contributed by atoms with E-state index < -0.39 is 22.0 Å².